The van der Waals surface area contributed by atoms with Gasteiger partial charge in [-0.05, 0) is 32.7 Å². The lowest BCUT2D eigenvalue weighted by atomic mass is 9.87. The lowest BCUT2D eigenvalue weighted by Gasteiger charge is -2.15. The molecule has 5 aromatic rings. The Balaban J connectivity index is 2.07. The van der Waals surface area contributed by atoms with Gasteiger partial charge in [0.05, 0.1) is 5.56 Å². The number of fused-ring (bicyclic) bond motifs is 3. The Kier molecular flexibility index (Phi) is 3.23. The second-order valence-corrected chi connectivity index (χ2v) is 6.48. The first kappa shape index (κ1) is 14.7. The van der Waals surface area contributed by atoms with Crippen LogP contribution in [-0.4, -0.2) is 0 Å². The summed E-state index contributed by atoms with van der Waals surface area (Å²) < 4.78 is 0. The Bertz CT molecular complexity index is 1280. The number of hydrogen-bond acceptors (Lipinski definition) is 1. The van der Waals surface area contributed by atoms with Gasteiger partial charge < -0.3 is 0 Å². The van der Waals surface area contributed by atoms with Gasteiger partial charge in [-0.3, -0.25) is 0 Å². The van der Waals surface area contributed by atoms with Gasteiger partial charge in [0, 0.05) is 10.8 Å². The number of rotatable bonds is 1. The molecule has 0 saturated heterocycles. The van der Waals surface area contributed by atoms with Crippen molar-refractivity contribution in [1.82, 2.24) is 0 Å². The highest BCUT2D eigenvalue weighted by molar-refractivity contribution is 6.19. The highest BCUT2D eigenvalue weighted by atomic mass is 14.3. The molecule has 0 radical (unpaired) electrons. The van der Waals surface area contributed by atoms with Crippen molar-refractivity contribution in [3.8, 4) is 17.2 Å². The van der Waals surface area contributed by atoms with E-state index in [2.05, 4.69) is 72.8 Å². The first-order chi connectivity index (χ1) is 12.9. The van der Waals surface area contributed by atoms with Crippen molar-refractivity contribution >= 4 is 32.3 Å². The number of benzene rings is 5. The first-order valence-electron chi connectivity index (χ1n) is 8.70. The van der Waals surface area contributed by atoms with Crippen LogP contribution in [0.5, 0.6) is 0 Å². The van der Waals surface area contributed by atoms with Gasteiger partial charge in [-0.15, -0.1) is 0 Å². The normalized spacial score (nSPS) is 11.0. The van der Waals surface area contributed by atoms with Crippen LogP contribution in [0.2, 0.25) is 0 Å². The summed E-state index contributed by atoms with van der Waals surface area (Å²) in [5.74, 6) is 0. The minimum absolute atomic E-state index is 0.750. The maximum atomic E-state index is 9.82. The van der Waals surface area contributed by atoms with E-state index in [9.17, 15) is 5.26 Å². The molecule has 1 heteroatoms. The average Bonchev–Trinajstić information content (AvgIpc) is 2.71. The molecule has 0 atom stereocenters. The Morgan fingerprint density at radius 3 is 1.62 bits per heavy atom. The smallest absolute Gasteiger partial charge is 0.100 e. The first-order valence-corrected chi connectivity index (χ1v) is 8.70. The van der Waals surface area contributed by atoms with Gasteiger partial charge in [0.15, 0.2) is 0 Å². The summed E-state index contributed by atoms with van der Waals surface area (Å²) >= 11 is 0. The number of nitrogens with zero attached hydrogens (tertiary/aromatic N) is 1. The summed E-state index contributed by atoms with van der Waals surface area (Å²) in [4.78, 5) is 0. The molecule has 0 heterocycles. The van der Waals surface area contributed by atoms with E-state index >= 15 is 0 Å². The van der Waals surface area contributed by atoms with E-state index in [0.717, 1.165) is 27.1 Å². The van der Waals surface area contributed by atoms with Crippen LogP contribution in [0.25, 0.3) is 43.4 Å². The molecule has 26 heavy (non-hydrogen) atoms. The summed E-state index contributed by atoms with van der Waals surface area (Å²) in [5, 5.41) is 16.5. The molecule has 5 rings (SSSR count). The molecular weight excluding hydrogens is 314 g/mol. The summed E-state index contributed by atoms with van der Waals surface area (Å²) in [5.41, 5.74) is 3.16. The molecule has 0 aromatic heterocycles. The van der Waals surface area contributed by atoms with Gasteiger partial charge in [0.1, 0.15) is 6.07 Å². The third kappa shape index (κ3) is 2.03. The number of nitriles is 1. The van der Waals surface area contributed by atoms with Gasteiger partial charge in [0.25, 0.3) is 0 Å². The predicted molar refractivity (Wildman–Crippen MR) is 109 cm³/mol. The third-order valence-corrected chi connectivity index (χ3v) is 5.10. The monoisotopic (exact) mass is 329 g/mol. The van der Waals surface area contributed by atoms with Gasteiger partial charge in [0.2, 0.25) is 0 Å². The Morgan fingerprint density at radius 2 is 1.00 bits per heavy atom. The summed E-state index contributed by atoms with van der Waals surface area (Å²) in [6, 6.07) is 33.8. The molecule has 0 fully saturated rings. The molecular formula is C25H15N. The highest BCUT2D eigenvalue weighted by Gasteiger charge is 2.16. The molecule has 0 bridgehead atoms. The van der Waals surface area contributed by atoms with Gasteiger partial charge in [-0.2, -0.15) is 5.26 Å². The van der Waals surface area contributed by atoms with Crippen LogP contribution in [0.15, 0.2) is 91.0 Å². The van der Waals surface area contributed by atoms with E-state index in [-0.39, 0.29) is 0 Å². The van der Waals surface area contributed by atoms with Gasteiger partial charge >= 0.3 is 0 Å². The van der Waals surface area contributed by atoms with E-state index in [1.807, 2.05) is 24.3 Å². The maximum absolute atomic E-state index is 9.82. The quantitative estimate of drug-likeness (QED) is 0.314. The zero-order valence-corrected chi connectivity index (χ0v) is 14.1. The van der Waals surface area contributed by atoms with Crippen LogP contribution < -0.4 is 0 Å². The second-order valence-electron chi connectivity index (χ2n) is 6.48. The van der Waals surface area contributed by atoms with Crippen LogP contribution in [0, 0.1) is 11.3 Å². The largest absolute Gasteiger partial charge is 0.192 e. The lowest BCUT2D eigenvalue weighted by molar-refractivity contribution is 1.52. The molecule has 0 aliphatic carbocycles. The topological polar surface area (TPSA) is 23.8 Å². The van der Waals surface area contributed by atoms with Crippen molar-refractivity contribution in [1.29, 1.82) is 5.26 Å². The molecule has 5 aromatic carbocycles. The van der Waals surface area contributed by atoms with Crippen molar-refractivity contribution in [2.45, 2.75) is 0 Å². The summed E-state index contributed by atoms with van der Waals surface area (Å²) in [6.07, 6.45) is 0. The maximum Gasteiger partial charge on any atom is 0.100 e. The highest BCUT2D eigenvalue weighted by Crippen LogP contribution is 2.41. The Morgan fingerprint density at radius 1 is 0.500 bits per heavy atom. The zero-order chi connectivity index (χ0) is 17.5. The molecule has 0 N–H and O–H groups in total. The van der Waals surface area contributed by atoms with E-state index in [4.69, 9.17) is 0 Å². The van der Waals surface area contributed by atoms with Crippen LogP contribution in [0.1, 0.15) is 5.56 Å². The zero-order valence-electron chi connectivity index (χ0n) is 14.1. The van der Waals surface area contributed by atoms with Crippen molar-refractivity contribution in [3.63, 3.8) is 0 Å². The SMILES string of the molecule is N#Cc1c2ccccc2c(-c2cccc3ccccc23)c2ccccc12. The van der Waals surface area contributed by atoms with Crippen molar-refractivity contribution in [2.75, 3.05) is 0 Å². The molecule has 0 unspecified atom stereocenters. The number of hydrogen-bond donors (Lipinski definition) is 0. The van der Waals surface area contributed by atoms with Crippen LogP contribution in [0.3, 0.4) is 0 Å². The van der Waals surface area contributed by atoms with E-state index in [0.29, 0.717) is 0 Å². The van der Waals surface area contributed by atoms with Gasteiger partial charge in [-0.1, -0.05) is 91.0 Å². The fraction of sp³-hybridized carbons (Fsp3) is 0. The second kappa shape index (κ2) is 5.72. The standard InChI is InChI=1S/C25H15N/c26-16-24-19-11-3-5-13-22(19)25(23-14-6-4-12-20(23)24)21-15-7-9-17-8-1-2-10-18(17)21/h1-15H. The summed E-state index contributed by atoms with van der Waals surface area (Å²) in [7, 11) is 0. The van der Waals surface area contributed by atoms with E-state index < -0.39 is 0 Å². The fourth-order valence-corrected chi connectivity index (χ4v) is 3.98. The summed E-state index contributed by atoms with van der Waals surface area (Å²) in [6.45, 7) is 0. The molecule has 120 valence electrons. The predicted octanol–water partition coefficient (Wildman–Crippen LogP) is 6.68. The van der Waals surface area contributed by atoms with Crippen LogP contribution in [-0.2, 0) is 0 Å². The minimum Gasteiger partial charge on any atom is -0.192 e. The van der Waals surface area contributed by atoms with Crippen molar-refractivity contribution in [2.24, 2.45) is 0 Å². The molecule has 0 saturated carbocycles. The van der Waals surface area contributed by atoms with Crippen LogP contribution in [0.4, 0.5) is 0 Å². The minimum atomic E-state index is 0.750. The average molecular weight is 329 g/mol. The molecule has 0 aliphatic heterocycles. The van der Waals surface area contributed by atoms with Crippen LogP contribution >= 0.6 is 0 Å². The van der Waals surface area contributed by atoms with Crippen molar-refractivity contribution in [3.05, 3.63) is 96.6 Å². The Labute approximate surface area is 151 Å². The lowest BCUT2D eigenvalue weighted by Crippen LogP contribution is -1.91. The fourth-order valence-electron chi connectivity index (χ4n) is 3.98. The van der Waals surface area contributed by atoms with E-state index in [1.54, 1.807) is 0 Å². The van der Waals surface area contributed by atoms with E-state index in [1.165, 1.54) is 21.9 Å². The molecule has 0 spiro atoms. The molecule has 0 aliphatic rings. The van der Waals surface area contributed by atoms with Gasteiger partial charge in [-0.25, -0.2) is 0 Å². The molecule has 0 amide bonds. The van der Waals surface area contributed by atoms with Crippen molar-refractivity contribution < 1.29 is 0 Å². The third-order valence-electron chi connectivity index (χ3n) is 5.10. The molecule has 1 nitrogen and oxygen atoms in total. The Hall–Kier alpha value is -3.63.